The molecule has 6 nitrogen and oxygen atoms in total. The quantitative estimate of drug-likeness (QED) is 0.774. The van der Waals surface area contributed by atoms with Crippen LogP contribution in [0.25, 0.3) is 0 Å². The van der Waals surface area contributed by atoms with Crippen molar-refractivity contribution in [1.29, 1.82) is 0 Å². The number of rotatable bonds is 5. The number of aryl methyl sites for hydroxylation is 1. The van der Waals surface area contributed by atoms with Crippen molar-refractivity contribution in [3.05, 3.63) is 29.8 Å². The molecular formula is C15H20N2O4. The highest BCUT2D eigenvalue weighted by Crippen LogP contribution is 2.12. The van der Waals surface area contributed by atoms with Crippen LogP contribution in [0.5, 0.6) is 0 Å². The number of aliphatic carboxylic acids is 1. The molecule has 0 unspecified atom stereocenters. The van der Waals surface area contributed by atoms with E-state index in [4.69, 9.17) is 9.84 Å². The van der Waals surface area contributed by atoms with E-state index in [2.05, 4.69) is 10.6 Å². The molecule has 2 amide bonds. The molecule has 114 valence electrons. The molecule has 0 bridgehead atoms. The van der Waals surface area contributed by atoms with Gasteiger partial charge in [0, 0.05) is 31.4 Å². The van der Waals surface area contributed by atoms with Crippen molar-refractivity contribution in [3.8, 4) is 0 Å². The number of nitrogens with one attached hydrogen (secondary N) is 2. The second-order valence-electron chi connectivity index (χ2n) is 5.08. The van der Waals surface area contributed by atoms with E-state index in [9.17, 15) is 9.59 Å². The van der Waals surface area contributed by atoms with Gasteiger partial charge in [-0.05, 0) is 37.0 Å². The summed E-state index contributed by atoms with van der Waals surface area (Å²) in [6.45, 7) is 1.37. The van der Waals surface area contributed by atoms with E-state index in [1.807, 2.05) is 12.1 Å². The topological polar surface area (TPSA) is 87.7 Å². The Morgan fingerprint density at radius 2 is 1.86 bits per heavy atom. The summed E-state index contributed by atoms with van der Waals surface area (Å²) >= 11 is 0. The van der Waals surface area contributed by atoms with Crippen molar-refractivity contribution in [1.82, 2.24) is 5.32 Å². The van der Waals surface area contributed by atoms with E-state index in [1.165, 1.54) is 0 Å². The predicted molar refractivity (Wildman–Crippen MR) is 78.4 cm³/mol. The standard InChI is InChI=1S/C15H20N2O4/c18-14(19)6-3-11-1-4-12(5-2-11)16-15(20)17-13-7-9-21-10-8-13/h1-2,4-5,13H,3,6-10H2,(H,18,19)(H2,16,17,20). The number of ether oxygens (including phenoxy) is 1. The summed E-state index contributed by atoms with van der Waals surface area (Å²) in [5.41, 5.74) is 1.63. The third kappa shape index (κ3) is 5.43. The van der Waals surface area contributed by atoms with Gasteiger partial charge in [-0.1, -0.05) is 12.1 Å². The van der Waals surface area contributed by atoms with Gasteiger partial charge in [0.25, 0.3) is 0 Å². The lowest BCUT2D eigenvalue weighted by Gasteiger charge is -2.23. The van der Waals surface area contributed by atoms with Gasteiger partial charge < -0.3 is 20.5 Å². The monoisotopic (exact) mass is 292 g/mol. The average molecular weight is 292 g/mol. The lowest BCUT2D eigenvalue weighted by atomic mass is 10.1. The lowest BCUT2D eigenvalue weighted by molar-refractivity contribution is -0.136. The summed E-state index contributed by atoms with van der Waals surface area (Å²) in [5, 5.41) is 14.3. The van der Waals surface area contributed by atoms with Crippen LogP contribution < -0.4 is 10.6 Å². The minimum absolute atomic E-state index is 0.108. The highest BCUT2D eigenvalue weighted by molar-refractivity contribution is 5.89. The fraction of sp³-hybridized carbons (Fsp3) is 0.467. The van der Waals surface area contributed by atoms with E-state index in [1.54, 1.807) is 12.1 Å². The fourth-order valence-electron chi connectivity index (χ4n) is 2.20. The molecule has 21 heavy (non-hydrogen) atoms. The van der Waals surface area contributed by atoms with Gasteiger partial charge in [-0.15, -0.1) is 0 Å². The number of carboxylic acids is 1. The molecule has 0 radical (unpaired) electrons. The maximum absolute atomic E-state index is 11.8. The Labute approximate surface area is 123 Å². The highest BCUT2D eigenvalue weighted by atomic mass is 16.5. The largest absolute Gasteiger partial charge is 0.481 e. The van der Waals surface area contributed by atoms with E-state index < -0.39 is 5.97 Å². The molecule has 1 aromatic rings. The van der Waals surface area contributed by atoms with Crippen molar-refractivity contribution in [3.63, 3.8) is 0 Å². The van der Waals surface area contributed by atoms with Gasteiger partial charge in [-0.25, -0.2) is 4.79 Å². The Bertz CT molecular complexity index is 481. The molecule has 0 spiro atoms. The third-order valence-electron chi connectivity index (χ3n) is 3.40. The zero-order valence-corrected chi connectivity index (χ0v) is 11.8. The Kier molecular flexibility index (Phi) is 5.57. The second-order valence-corrected chi connectivity index (χ2v) is 5.08. The molecule has 1 aliphatic heterocycles. The molecule has 1 fully saturated rings. The first-order valence-corrected chi connectivity index (χ1v) is 7.09. The van der Waals surface area contributed by atoms with Crippen LogP contribution in [0.2, 0.25) is 0 Å². The molecule has 1 saturated heterocycles. The van der Waals surface area contributed by atoms with Gasteiger partial charge in [-0.2, -0.15) is 0 Å². The molecule has 0 saturated carbocycles. The summed E-state index contributed by atoms with van der Waals surface area (Å²) < 4.78 is 5.24. The predicted octanol–water partition coefficient (Wildman–Crippen LogP) is 2.00. The van der Waals surface area contributed by atoms with Crippen LogP contribution in [-0.4, -0.2) is 36.4 Å². The van der Waals surface area contributed by atoms with Crippen LogP contribution >= 0.6 is 0 Å². The van der Waals surface area contributed by atoms with Gasteiger partial charge in [0.1, 0.15) is 0 Å². The minimum Gasteiger partial charge on any atom is -0.481 e. The molecule has 1 aliphatic rings. The minimum atomic E-state index is -0.812. The maximum Gasteiger partial charge on any atom is 0.319 e. The molecule has 1 aromatic carbocycles. The van der Waals surface area contributed by atoms with Crippen LogP contribution in [0.1, 0.15) is 24.8 Å². The first-order valence-electron chi connectivity index (χ1n) is 7.09. The van der Waals surface area contributed by atoms with Crippen molar-refractivity contribution in [2.45, 2.75) is 31.7 Å². The molecule has 0 aromatic heterocycles. The molecule has 2 rings (SSSR count). The van der Waals surface area contributed by atoms with Gasteiger partial charge in [-0.3, -0.25) is 4.79 Å². The summed E-state index contributed by atoms with van der Waals surface area (Å²) in [6, 6.07) is 7.15. The second kappa shape index (κ2) is 7.64. The molecule has 1 heterocycles. The number of hydrogen-bond donors (Lipinski definition) is 3. The van der Waals surface area contributed by atoms with Crippen molar-refractivity contribution < 1.29 is 19.4 Å². The number of amides is 2. The van der Waals surface area contributed by atoms with Crippen molar-refractivity contribution in [2.75, 3.05) is 18.5 Å². The van der Waals surface area contributed by atoms with E-state index >= 15 is 0 Å². The van der Waals surface area contributed by atoms with Crippen LogP contribution in [0.3, 0.4) is 0 Å². The zero-order valence-electron chi connectivity index (χ0n) is 11.8. The van der Waals surface area contributed by atoms with Crippen LogP contribution in [-0.2, 0) is 16.0 Å². The van der Waals surface area contributed by atoms with Crippen LogP contribution in [0, 0.1) is 0 Å². The average Bonchev–Trinajstić information content (AvgIpc) is 2.47. The van der Waals surface area contributed by atoms with Crippen molar-refractivity contribution >= 4 is 17.7 Å². The first-order chi connectivity index (χ1) is 10.1. The number of anilines is 1. The third-order valence-corrected chi connectivity index (χ3v) is 3.40. The number of carbonyl (C=O) groups is 2. The molecule has 0 aliphatic carbocycles. The summed E-state index contributed by atoms with van der Waals surface area (Å²) in [5.74, 6) is -0.812. The van der Waals surface area contributed by atoms with Gasteiger partial charge in [0.15, 0.2) is 0 Å². The van der Waals surface area contributed by atoms with Gasteiger partial charge in [0.2, 0.25) is 0 Å². The van der Waals surface area contributed by atoms with Crippen molar-refractivity contribution in [2.24, 2.45) is 0 Å². The first kappa shape index (κ1) is 15.3. The Morgan fingerprint density at radius 3 is 2.48 bits per heavy atom. The molecular weight excluding hydrogens is 272 g/mol. The number of urea groups is 1. The number of carbonyl (C=O) groups excluding carboxylic acids is 1. The summed E-state index contributed by atoms with van der Waals surface area (Å²) in [7, 11) is 0. The Balaban J connectivity index is 1.79. The maximum atomic E-state index is 11.8. The number of hydrogen-bond acceptors (Lipinski definition) is 3. The molecule has 0 atom stereocenters. The molecule has 6 heteroatoms. The Morgan fingerprint density at radius 1 is 1.19 bits per heavy atom. The van der Waals surface area contributed by atoms with Gasteiger partial charge >= 0.3 is 12.0 Å². The van der Waals surface area contributed by atoms with E-state index in [-0.39, 0.29) is 18.5 Å². The SMILES string of the molecule is O=C(O)CCc1ccc(NC(=O)NC2CCOCC2)cc1. The molecule has 3 N–H and O–H groups in total. The fourth-order valence-corrected chi connectivity index (χ4v) is 2.20. The lowest BCUT2D eigenvalue weighted by Crippen LogP contribution is -2.41. The summed E-state index contributed by atoms with van der Waals surface area (Å²) in [4.78, 5) is 22.3. The van der Waals surface area contributed by atoms with E-state index in [0.717, 1.165) is 18.4 Å². The normalized spacial score (nSPS) is 15.4. The number of carboxylic acid groups (broad SMARTS) is 1. The summed E-state index contributed by atoms with van der Waals surface area (Å²) in [6.07, 6.45) is 2.27. The highest BCUT2D eigenvalue weighted by Gasteiger charge is 2.15. The zero-order chi connectivity index (χ0) is 15.1. The number of benzene rings is 1. The van der Waals surface area contributed by atoms with Crippen LogP contribution in [0.15, 0.2) is 24.3 Å². The smallest absolute Gasteiger partial charge is 0.319 e. The van der Waals surface area contributed by atoms with Crippen LogP contribution in [0.4, 0.5) is 10.5 Å². The van der Waals surface area contributed by atoms with Gasteiger partial charge in [0.05, 0.1) is 0 Å². The Hall–Kier alpha value is -2.08. The van der Waals surface area contributed by atoms with E-state index in [0.29, 0.717) is 25.3 Å².